The third-order valence-corrected chi connectivity index (χ3v) is 3.05. The van der Waals surface area contributed by atoms with Crippen LogP contribution in [0, 0.1) is 0 Å². The predicted octanol–water partition coefficient (Wildman–Crippen LogP) is 1.66. The van der Waals surface area contributed by atoms with E-state index >= 15 is 0 Å². The summed E-state index contributed by atoms with van der Waals surface area (Å²) in [6.45, 7) is 0.838. The fourth-order valence-corrected chi connectivity index (χ4v) is 1.90. The van der Waals surface area contributed by atoms with Gasteiger partial charge in [0.25, 0.3) is 5.91 Å². The van der Waals surface area contributed by atoms with Gasteiger partial charge in [0.05, 0.1) is 5.56 Å². The smallest absolute Gasteiger partial charge is 0.257 e. The Morgan fingerprint density at radius 2 is 2.22 bits per heavy atom. The molecule has 0 fully saturated rings. The SMILES string of the molecule is CN(CCCCCO)C(=O)c1cc(Br)cnc1N. The van der Waals surface area contributed by atoms with E-state index in [0.29, 0.717) is 12.1 Å². The van der Waals surface area contributed by atoms with Crippen LogP contribution in [-0.4, -0.2) is 41.1 Å². The molecule has 0 saturated carbocycles. The van der Waals surface area contributed by atoms with Crippen molar-refractivity contribution < 1.29 is 9.90 Å². The quantitative estimate of drug-likeness (QED) is 0.782. The lowest BCUT2D eigenvalue weighted by Crippen LogP contribution is -2.28. The standard InChI is InChI=1S/C12H18BrN3O2/c1-16(5-3-2-4-6-17)12(18)10-7-9(13)8-15-11(10)14/h7-8,17H,2-6H2,1H3,(H2,14,15). The zero-order valence-corrected chi connectivity index (χ0v) is 12.0. The molecule has 0 spiro atoms. The van der Waals surface area contributed by atoms with Crippen LogP contribution < -0.4 is 5.73 Å². The van der Waals surface area contributed by atoms with Crippen molar-refractivity contribution in [1.29, 1.82) is 0 Å². The maximum atomic E-state index is 12.1. The van der Waals surface area contributed by atoms with Crippen LogP contribution in [0.2, 0.25) is 0 Å². The third-order valence-electron chi connectivity index (χ3n) is 2.61. The number of pyridine rings is 1. The van der Waals surface area contributed by atoms with E-state index < -0.39 is 0 Å². The maximum Gasteiger partial charge on any atom is 0.257 e. The summed E-state index contributed by atoms with van der Waals surface area (Å²) in [5.41, 5.74) is 6.10. The fourth-order valence-electron chi connectivity index (χ4n) is 1.57. The number of amides is 1. The molecule has 6 heteroatoms. The zero-order valence-electron chi connectivity index (χ0n) is 10.4. The Morgan fingerprint density at radius 1 is 1.50 bits per heavy atom. The molecule has 0 saturated heterocycles. The average Bonchev–Trinajstić information content (AvgIpc) is 2.36. The van der Waals surface area contributed by atoms with Crippen LogP contribution in [-0.2, 0) is 0 Å². The molecular weight excluding hydrogens is 298 g/mol. The van der Waals surface area contributed by atoms with Gasteiger partial charge in [0, 0.05) is 30.9 Å². The van der Waals surface area contributed by atoms with E-state index in [1.54, 1.807) is 24.2 Å². The van der Waals surface area contributed by atoms with Gasteiger partial charge in [0.2, 0.25) is 0 Å². The molecule has 0 aromatic carbocycles. The zero-order chi connectivity index (χ0) is 13.5. The van der Waals surface area contributed by atoms with Crippen LogP contribution >= 0.6 is 15.9 Å². The molecule has 1 heterocycles. The highest BCUT2D eigenvalue weighted by molar-refractivity contribution is 9.10. The minimum Gasteiger partial charge on any atom is -0.396 e. The van der Waals surface area contributed by atoms with Crippen LogP contribution in [0.1, 0.15) is 29.6 Å². The molecule has 1 rings (SSSR count). The largest absolute Gasteiger partial charge is 0.396 e. The number of unbranched alkanes of at least 4 members (excludes halogenated alkanes) is 2. The molecule has 0 aliphatic heterocycles. The van der Waals surface area contributed by atoms with Crippen LogP contribution in [0.5, 0.6) is 0 Å². The number of halogens is 1. The lowest BCUT2D eigenvalue weighted by atomic mass is 10.2. The highest BCUT2D eigenvalue weighted by Crippen LogP contribution is 2.17. The first-order chi connectivity index (χ1) is 8.56. The number of carbonyl (C=O) groups excluding carboxylic acids is 1. The number of rotatable bonds is 6. The number of aliphatic hydroxyl groups excluding tert-OH is 1. The summed E-state index contributed by atoms with van der Waals surface area (Å²) in [4.78, 5) is 17.7. The number of aromatic nitrogens is 1. The molecule has 0 unspecified atom stereocenters. The van der Waals surface area contributed by atoms with Crippen molar-refractivity contribution in [3.05, 3.63) is 22.3 Å². The van der Waals surface area contributed by atoms with Gasteiger partial charge in [-0.25, -0.2) is 4.98 Å². The van der Waals surface area contributed by atoms with Gasteiger partial charge < -0.3 is 15.7 Å². The average molecular weight is 316 g/mol. The van der Waals surface area contributed by atoms with E-state index in [9.17, 15) is 4.79 Å². The number of carbonyl (C=O) groups is 1. The number of nitrogen functional groups attached to an aromatic ring is 1. The van der Waals surface area contributed by atoms with Crippen LogP contribution in [0.3, 0.4) is 0 Å². The Balaban J connectivity index is 2.60. The number of anilines is 1. The second-order valence-electron chi connectivity index (χ2n) is 4.10. The second kappa shape index (κ2) is 7.33. The molecule has 0 atom stereocenters. The Labute approximate surface area is 115 Å². The predicted molar refractivity (Wildman–Crippen MR) is 74.2 cm³/mol. The number of nitrogens with zero attached hydrogens (tertiary/aromatic N) is 2. The number of nitrogens with two attached hydrogens (primary N) is 1. The van der Waals surface area contributed by atoms with E-state index in [4.69, 9.17) is 10.8 Å². The Bertz CT molecular complexity index is 412. The summed E-state index contributed by atoms with van der Waals surface area (Å²) in [6.07, 6.45) is 4.10. The Morgan fingerprint density at radius 3 is 2.89 bits per heavy atom. The minimum absolute atomic E-state index is 0.134. The van der Waals surface area contributed by atoms with Crippen molar-refractivity contribution in [3.63, 3.8) is 0 Å². The van der Waals surface area contributed by atoms with Gasteiger partial charge in [0.1, 0.15) is 5.82 Å². The second-order valence-corrected chi connectivity index (χ2v) is 5.01. The van der Waals surface area contributed by atoms with Gasteiger partial charge in [0.15, 0.2) is 0 Å². The molecule has 0 aliphatic rings. The Kier molecular flexibility index (Phi) is 6.07. The summed E-state index contributed by atoms with van der Waals surface area (Å²) < 4.78 is 0.730. The molecule has 1 aromatic rings. The highest BCUT2D eigenvalue weighted by Gasteiger charge is 2.15. The molecule has 1 aromatic heterocycles. The first-order valence-electron chi connectivity index (χ1n) is 5.83. The molecular formula is C12H18BrN3O2. The van der Waals surface area contributed by atoms with Gasteiger partial charge >= 0.3 is 0 Å². The van der Waals surface area contributed by atoms with Crippen LogP contribution in [0.4, 0.5) is 5.82 Å². The van der Waals surface area contributed by atoms with Crippen LogP contribution in [0.25, 0.3) is 0 Å². The summed E-state index contributed by atoms with van der Waals surface area (Å²) in [5, 5.41) is 8.68. The summed E-state index contributed by atoms with van der Waals surface area (Å²) in [6, 6.07) is 1.68. The molecule has 0 aliphatic carbocycles. The molecule has 1 amide bonds. The lowest BCUT2D eigenvalue weighted by Gasteiger charge is -2.17. The van der Waals surface area contributed by atoms with E-state index in [1.165, 1.54) is 0 Å². The highest BCUT2D eigenvalue weighted by atomic mass is 79.9. The Hall–Kier alpha value is -1.14. The molecule has 5 nitrogen and oxygen atoms in total. The first-order valence-corrected chi connectivity index (χ1v) is 6.63. The van der Waals surface area contributed by atoms with E-state index in [1.807, 2.05) is 0 Å². The van der Waals surface area contributed by atoms with Crippen LogP contribution in [0.15, 0.2) is 16.7 Å². The topological polar surface area (TPSA) is 79.5 Å². The van der Waals surface area contributed by atoms with E-state index in [2.05, 4.69) is 20.9 Å². The normalized spacial score (nSPS) is 10.4. The van der Waals surface area contributed by atoms with Gasteiger partial charge in [-0.1, -0.05) is 0 Å². The molecule has 0 bridgehead atoms. The van der Waals surface area contributed by atoms with Crippen molar-refractivity contribution >= 4 is 27.7 Å². The number of aliphatic hydroxyl groups is 1. The third kappa shape index (κ3) is 4.27. The monoisotopic (exact) mass is 315 g/mol. The molecule has 0 radical (unpaired) electrons. The van der Waals surface area contributed by atoms with Crippen molar-refractivity contribution in [2.45, 2.75) is 19.3 Å². The van der Waals surface area contributed by atoms with Gasteiger partial charge in [-0.2, -0.15) is 0 Å². The maximum absolute atomic E-state index is 12.1. The molecule has 18 heavy (non-hydrogen) atoms. The van der Waals surface area contributed by atoms with Gasteiger partial charge in [-0.15, -0.1) is 0 Å². The van der Waals surface area contributed by atoms with Crippen molar-refractivity contribution in [1.82, 2.24) is 9.88 Å². The lowest BCUT2D eigenvalue weighted by molar-refractivity contribution is 0.0793. The number of hydrogen-bond donors (Lipinski definition) is 2. The van der Waals surface area contributed by atoms with E-state index in [0.717, 1.165) is 23.7 Å². The first kappa shape index (κ1) is 14.9. The minimum atomic E-state index is -0.134. The van der Waals surface area contributed by atoms with Crippen molar-refractivity contribution in [2.24, 2.45) is 0 Å². The number of hydrogen-bond acceptors (Lipinski definition) is 4. The fraction of sp³-hybridized carbons (Fsp3) is 0.500. The van der Waals surface area contributed by atoms with Gasteiger partial charge in [-0.05, 0) is 41.3 Å². The van der Waals surface area contributed by atoms with Crippen molar-refractivity contribution in [3.8, 4) is 0 Å². The summed E-state index contributed by atoms with van der Waals surface area (Å²) >= 11 is 3.27. The molecule has 3 N–H and O–H groups in total. The van der Waals surface area contributed by atoms with Crippen molar-refractivity contribution in [2.75, 3.05) is 25.9 Å². The summed E-state index contributed by atoms with van der Waals surface area (Å²) in [5.74, 6) is 0.107. The van der Waals surface area contributed by atoms with Gasteiger partial charge in [-0.3, -0.25) is 4.79 Å². The summed E-state index contributed by atoms with van der Waals surface area (Å²) in [7, 11) is 1.74. The van der Waals surface area contributed by atoms with E-state index in [-0.39, 0.29) is 18.3 Å². The molecule has 100 valence electrons.